The largest absolute Gasteiger partial charge is 0.472 e. The van der Waals surface area contributed by atoms with Gasteiger partial charge in [-0.2, -0.15) is 0 Å². The monoisotopic (exact) mass is 1440 g/mol. The van der Waals surface area contributed by atoms with Crippen molar-refractivity contribution in [3.05, 3.63) is 134 Å². The average Bonchev–Trinajstić information content (AvgIpc) is 0.953. The van der Waals surface area contributed by atoms with Gasteiger partial charge in [0.25, 0.3) is 0 Å². The zero-order valence-electron chi connectivity index (χ0n) is 62.3. The third kappa shape index (κ3) is 71.6. The fourth-order valence-corrected chi connectivity index (χ4v) is 11.3. The van der Waals surface area contributed by atoms with Crippen LogP contribution in [-0.2, 0) is 65.4 Å². The second-order valence-electron chi connectivity index (χ2n) is 25.2. The smallest absolute Gasteiger partial charge is 0.462 e. The third-order valence-corrected chi connectivity index (χ3v) is 17.5. The second kappa shape index (κ2) is 72.5. The first-order valence-electron chi connectivity index (χ1n) is 38.4. The number of aliphatic hydroxyl groups is 1. The van der Waals surface area contributed by atoms with Gasteiger partial charge in [-0.25, -0.2) is 9.13 Å². The van der Waals surface area contributed by atoms with Crippen LogP contribution < -0.4 is 0 Å². The van der Waals surface area contributed by atoms with Gasteiger partial charge in [-0.15, -0.1) is 0 Å². The molecule has 0 aliphatic rings. The Labute approximate surface area is 605 Å². The summed E-state index contributed by atoms with van der Waals surface area (Å²) in [5, 5.41) is 10.6. The molecular formula is C81H136O17P2. The molecular weight excluding hydrogens is 1310 g/mol. The number of phosphoric acid groups is 2. The van der Waals surface area contributed by atoms with E-state index in [9.17, 15) is 43.2 Å². The molecule has 0 radical (unpaired) electrons. The van der Waals surface area contributed by atoms with E-state index in [0.29, 0.717) is 32.1 Å². The molecule has 0 aliphatic carbocycles. The SMILES string of the molecule is CC/C=C\C/C=C\C/C=C\C/C=C\C/C=C\C/C=C\CCC(=O)OCC(COP(=O)(O)OCC(O)COP(=O)(O)OCC(COC(=O)CCCCCCC/C=C\C/C=C\CCCCC)OC(=O)CCCCCCC/C=C\C/C=C\CCCCC)OC(=O)CCCCCCC/C=C\CCCC. The number of hydrogen-bond donors (Lipinski definition) is 3. The molecule has 0 spiro atoms. The van der Waals surface area contributed by atoms with E-state index in [4.69, 9.17) is 37.0 Å². The minimum absolute atomic E-state index is 0.0314. The molecule has 5 atom stereocenters. The first-order valence-corrected chi connectivity index (χ1v) is 41.4. The molecule has 0 fully saturated rings. The summed E-state index contributed by atoms with van der Waals surface area (Å²) in [5.74, 6) is -2.32. The van der Waals surface area contributed by atoms with E-state index in [0.717, 1.165) is 161 Å². The number of allylic oxidation sites excluding steroid dienone is 22. The maximum atomic E-state index is 13.1. The number of rotatable bonds is 71. The van der Waals surface area contributed by atoms with Gasteiger partial charge in [0, 0.05) is 25.7 Å². The Morgan fingerprint density at radius 2 is 0.550 bits per heavy atom. The predicted molar refractivity (Wildman–Crippen MR) is 408 cm³/mol. The Hall–Kier alpha value is -4.80. The van der Waals surface area contributed by atoms with E-state index in [1.54, 1.807) is 0 Å². The Kier molecular flexibility index (Phi) is 69.1. The summed E-state index contributed by atoms with van der Waals surface area (Å²) in [6.07, 6.45) is 80.3. The minimum atomic E-state index is -4.99. The summed E-state index contributed by atoms with van der Waals surface area (Å²) in [4.78, 5) is 72.8. The number of hydrogen-bond acceptors (Lipinski definition) is 15. The fourth-order valence-electron chi connectivity index (χ4n) is 9.70. The molecule has 0 saturated carbocycles. The molecule has 3 N–H and O–H groups in total. The van der Waals surface area contributed by atoms with E-state index in [-0.39, 0.29) is 25.7 Å². The number of esters is 4. The number of unbranched alkanes of at least 4 members (excludes halogenated alkanes) is 23. The van der Waals surface area contributed by atoms with Crippen LogP contribution in [0.3, 0.4) is 0 Å². The van der Waals surface area contributed by atoms with Crippen molar-refractivity contribution in [2.24, 2.45) is 0 Å². The maximum Gasteiger partial charge on any atom is 0.472 e. The van der Waals surface area contributed by atoms with Gasteiger partial charge in [-0.05, 0) is 148 Å². The quantitative estimate of drug-likeness (QED) is 0.0169. The summed E-state index contributed by atoms with van der Waals surface area (Å²) in [6, 6.07) is 0. The fraction of sp³-hybridized carbons (Fsp3) is 0.679. The van der Waals surface area contributed by atoms with Crippen LogP contribution in [-0.4, -0.2) is 96.7 Å². The van der Waals surface area contributed by atoms with Crippen LogP contribution in [0.15, 0.2) is 134 Å². The standard InChI is InChI=1S/C81H136O17P2/c1-5-9-13-17-21-25-29-32-35-36-37-38-41-43-47-50-54-58-62-66-79(84)91-71-76(97-80(85)67-63-59-55-51-45-28-24-20-16-12-8-4)73-95-99(87,88)93-69-75(82)70-94-100(89,90)96-74-77(98-81(86)68-64-60-56-52-48-44-40-34-31-27-23-19-15-11-7-3)72-92-78(83)65-61-57-53-49-46-42-39-33-30-26-22-18-14-10-6-2/h9,13,20-27,32-35,37-40,43,47,54,58,75-77,82H,5-8,10-12,14-19,28-31,36,41-42,44-46,48-53,55-57,59-74H2,1-4H3,(H,87,88)(H,89,90)/b13-9-,24-20-,25-21-,26-22-,27-23-,35-32-,38-37-,39-33-,40-34-,47-43-,58-54-. The highest BCUT2D eigenvalue weighted by Crippen LogP contribution is 2.45. The molecule has 572 valence electrons. The summed E-state index contributed by atoms with van der Waals surface area (Å²) in [6.45, 7) is 4.53. The van der Waals surface area contributed by atoms with Crippen molar-refractivity contribution in [3.8, 4) is 0 Å². The highest BCUT2D eigenvalue weighted by Gasteiger charge is 2.30. The van der Waals surface area contributed by atoms with Gasteiger partial charge >= 0.3 is 39.5 Å². The summed E-state index contributed by atoms with van der Waals surface area (Å²) in [5.41, 5.74) is 0. The second-order valence-corrected chi connectivity index (χ2v) is 28.1. The molecule has 0 heterocycles. The lowest BCUT2D eigenvalue weighted by Gasteiger charge is -2.21. The van der Waals surface area contributed by atoms with Gasteiger partial charge in [0.2, 0.25) is 0 Å². The zero-order chi connectivity index (χ0) is 73.2. The summed E-state index contributed by atoms with van der Waals surface area (Å²) in [7, 11) is -9.98. The highest BCUT2D eigenvalue weighted by atomic mass is 31.2. The molecule has 100 heavy (non-hydrogen) atoms. The van der Waals surface area contributed by atoms with Gasteiger partial charge < -0.3 is 33.8 Å². The van der Waals surface area contributed by atoms with Gasteiger partial charge in [0.05, 0.1) is 26.4 Å². The van der Waals surface area contributed by atoms with Crippen molar-refractivity contribution in [1.82, 2.24) is 0 Å². The van der Waals surface area contributed by atoms with Gasteiger partial charge in [-0.1, -0.05) is 258 Å². The molecule has 0 aromatic carbocycles. The number of aliphatic hydroxyl groups excluding tert-OH is 1. The molecule has 19 heteroatoms. The highest BCUT2D eigenvalue weighted by molar-refractivity contribution is 7.47. The van der Waals surface area contributed by atoms with Gasteiger partial charge in [-0.3, -0.25) is 37.3 Å². The maximum absolute atomic E-state index is 13.1. The molecule has 0 saturated heterocycles. The first kappa shape index (κ1) is 95.2. The van der Waals surface area contributed by atoms with E-state index in [2.05, 4.69) is 143 Å². The van der Waals surface area contributed by atoms with Crippen LogP contribution in [0.4, 0.5) is 0 Å². The van der Waals surface area contributed by atoms with Crippen molar-refractivity contribution in [1.29, 1.82) is 0 Å². The zero-order valence-corrected chi connectivity index (χ0v) is 64.1. The van der Waals surface area contributed by atoms with Crippen LogP contribution in [0.25, 0.3) is 0 Å². The summed E-state index contributed by atoms with van der Waals surface area (Å²) >= 11 is 0. The predicted octanol–water partition coefficient (Wildman–Crippen LogP) is 22.1. The van der Waals surface area contributed by atoms with Crippen molar-refractivity contribution in [2.45, 2.75) is 316 Å². The van der Waals surface area contributed by atoms with Crippen LogP contribution in [0.5, 0.6) is 0 Å². The Morgan fingerprint density at radius 1 is 0.290 bits per heavy atom. The normalized spacial score (nSPS) is 14.7. The van der Waals surface area contributed by atoms with E-state index in [1.165, 1.54) is 51.4 Å². The molecule has 0 aliphatic heterocycles. The van der Waals surface area contributed by atoms with Crippen LogP contribution in [0.2, 0.25) is 0 Å². The molecule has 0 aromatic rings. The molecule has 0 amide bonds. The van der Waals surface area contributed by atoms with E-state index in [1.807, 2.05) is 18.2 Å². The Bertz CT molecular complexity index is 2420. The van der Waals surface area contributed by atoms with Crippen LogP contribution >= 0.6 is 15.6 Å². The first-order chi connectivity index (χ1) is 48.7. The molecule has 0 aromatic heterocycles. The van der Waals surface area contributed by atoms with Crippen molar-refractivity contribution in [2.75, 3.05) is 39.6 Å². The lowest BCUT2D eigenvalue weighted by Crippen LogP contribution is -2.30. The Morgan fingerprint density at radius 3 is 0.900 bits per heavy atom. The van der Waals surface area contributed by atoms with Crippen LogP contribution in [0, 0.1) is 0 Å². The van der Waals surface area contributed by atoms with Crippen molar-refractivity contribution < 1.29 is 80.2 Å². The van der Waals surface area contributed by atoms with Gasteiger partial charge in [0.1, 0.15) is 19.3 Å². The van der Waals surface area contributed by atoms with Crippen molar-refractivity contribution in [3.63, 3.8) is 0 Å². The number of carbonyl (C=O) groups is 4. The Balaban J connectivity index is 5.41. The minimum Gasteiger partial charge on any atom is -0.462 e. The molecule has 17 nitrogen and oxygen atoms in total. The molecule has 5 unspecified atom stereocenters. The summed E-state index contributed by atoms with van der Waals surface area (Å²) < 4.78 is 68.3. The number of phosphoric ester groups is 2. The van der Waals surface area contributed by atoms with E-state index >= 15 is 0 Å². The van der Waals surface area contributed by atoms with Crippen molar-refractivity contribution >= 4 is 39.5 Å². The van der Waals surface area contributed by atoms with Gasteiger partial charge in [0.15, 0.2) is 12.2 Å². The molecule has 0 bridgehead atoms. The van der Waals surface area contributed by atoms with Crippen LogP contribution in [0.1, 0.15) is 297 Å². The average molecular weight is 1440 g/mol. The topological polar surface area (TPSA) is 237 Å². The van der Waals surface area contributed by atoms with E-state index < -0.39 is 97.5 Å². The third-order valence-electron chi connectivity index (χ3n) is 15.6. The number of carbonyl (C=O) groups excluding carboxylic acids is 4. The lowest BCUT2D eigenvalue weighted by atomic mass is 10.1. The number of ether oxygens (including phenoxy) is 4. The lowest BCUT2D eigenvalue weighted by molar-refractivity contribution is -0.161. The molecule has 0 rings (SSSR count).